The molecule has 0 bridgehead atoms. The molecule has 84 valence electrons. The summed E-state index contributed by atoms with van der Waals surface area (Å²) in [5.74, 6) is -0.360. The molecule has 0 aliphatic rings. The van der Waals surface area contributed by atoms with E-state index in [9.17, 15) is 4.79 Å². The molecule has 0 aromatic carbocycles. The summed E-state index contributed by atoms with van der Waals surface area (Å²) in [6.07, 6.45) is 0. The van der Waals surface area contributed by atoms with Crippen molar-refractivity contribution in [2.75, 3.05) is 13.2 Å². The summed E-state index contributed by atoms with van der Waals surface area (Å²) in [6, 6.07) is 0. The van der Waals surface area contributed by atoms with E-state index in [0.717, 1.165) is 0 Å². The van der Waals surface area contributed by atoms with Crippen molar-refractivity contribution in [2.24, 2.45) is 10.8 Å². The highest BCUT2D eigenvalue weighted by Crippen LogP contribution is 2.20. The lowest BCUT2D eigenvalue weighted by Crippen LogP contribution is -2.33. The van der Waals surface area contributed by atoms with Crippen LogP contribution in [0.15, 0.2) is 0 Å². The molecule has 0 saturated heterocycles. The first-order valence-corrected chi connectivity index (χ1v) is 4.63. The van der Waals surface area contributed by atoms with Crippen molar-refractivity contribution in [1.82, 2.24) is 0 Å². The molecule has 0 amide bonds. The van der Waals surface area contributed by atoms with Crippen molar-refractivity contribution >= 4 is 5.97 Å². The molecule has 0 aromatic heterocycles. The summed E-state index contributed by atoms with van der Waals surface area (Å²) in [7, 11) is 0. The smallest absolute Gasteiger partial charge is 0.314 e. The lowest BCUT2D eigenvalue weighted by atomic mass is 9.94. The molecule has 0 atom stereocenters. The molecule has 0 spiro atoms. The topological polar surface area (TPSA) is 55.8 Å². The van der Waals surface area contributed by atoms with Crippen molar-refractivity contribution in [3.63, 3.8) is 0 Å². The van der Waals surface area contributed by atoms with Crippen LogP contribution in [0.3, 0.4) is 0 Å². The van der Waals surface area contributed by atoms with E-state index in [4.69, 9.17) is 9.99 Å². The number of carbonyl (C=O) groups is 1. The molecule has 0 unspecified atom stereocenters. The Kier molecular flexibility index (Phi) is 4.55. The second kappa shape index (κ2) is 4.75. The molecule has 0 radical (unpaired) electrons. The Labute approximate surface area is 85.1 Å². The van der Waals surface area contributed by atoms with Crippen LogP contribution in [0.4, 0.5) is 0 Å². The fourth-order valence-electron chi connectivity index (χ4n) is 0.698. The summed E-state index contributed by atoms with van der Waals surface area (Å²) in [6.45, 7) is 9.57. The SMILES string of the molecule is CC(C)(C)COC(=O)C(C)(C)COO. The zero-order valence-electron chi connectivity index (χ0n) is 9.59. The second-order valence-electron chi connectivity index (χ2n) is 5.29. The zero-order chi connectivity index (χ0) is 11.4. The van der Waals surface area contributed by atoms with Gasteiger partial charge in [0.2, 0.25) is 0 Å². The van der Waals surface area contributed by atoms with Gasteiger partial charge in [-0.3, -0.25) is 10.1 Å². The predicted molar refractivity (Wildman–Crippen MR) is 52.8 cm³/mol. The molecule has 0 aromatic rings. The van der Waals surface area contributed by atoms with Gasteiger partial charge >= 0.3 is 5.97 Å². The number of rotatable bonds is 4. The Balaban J connectivity index is 4.08. The Morgan fingerprint density at radius 1 is 1.14 bits per heavy atom. The van der Waals surface area contributed by atoms with Gasteiger partial charge in [-0.05, 0) is 19.3 Å². The summed E-state index contributed by atoms with van der Waals surface area (Å²) >= 11 is 0. The minimum atomic E-state index is -0.806. The molecule has 0 aliphatic carbocycles. The van der Waals surface area contributed by atoms with E-state index in [-0.39, 0.29) is 18.0 Å². The minimum Gasteiger partial charge on any atom is -0.465 e. The van der Waals surface area contributed by atoms with Gasteiger partial charge in [-0.1, -0.05) is 20.8 Å². The number of carbonyl (C=O) groups excluding carboxylic acids is 1. The first kappa shape index (κ1) is 13.4. The van der Waals surface area contributed by atoms with Gasteiger partial charge in [-0.2, -0.15) is 0 Å². The van der Waals surface area contributed by atoms with Crippen molar-refractivity contribution in [3.8, 4) is 0 Å². The van der Waals surface area contributed by atoms with Gasteiger partial charge in [0.1, 0.15) is 0 Å². The molecule has 0 saturated carbocycles. The van der Waals surface area contributed by atoms with E-state index < -0.39 is 5.41 Å². The van der Waals surface area contributed by atoms with Crippen molar-refractivity contribution in [1.29, 1.82) is 0 Å². The molecule has 0 rings (SSSR count). The van der Waals surface area contributed by atoms with Crippen LogP contribution < -0.4 is 0 Å². The van der Waals surface area contributed by atoms with Crippen LogP contribution in [-0.2, 0) is 14.4 Å². The molecular weight excluding hydrogens is 184 g/mol. The summed E-state index contributed by atoms with van der Waals surface area (Å²) in [5, 5.41) is 8.27. The van der Waals surface area contributed by atoms with E-state index in [0.29, 0.717) is 6.61 Å². The normalized spacial score (nSPS) is 12.7. The zero-order valence-corrected chi connectivity index (χ0v) is 9.59. The van der Waals surface area contributed by atoms with Gasteiger partial charge in [0.15, 0.2) is 0 Å². The maximum Gasteiger partial charge on any atom is 0.314 e. The average molecular weight is 204 g/mol. The van der Waals surface area contributed by atoms with E-state index in [1.807, 2.05) is 20.8 Å². The highest BCUT2D eigenvalue weighted by molar-refractivity contribution is 5.76. The third-order valence-corrected chi connectivity index (χ3v) is 1.61. The number of ether oxygens (including phenoxy) is 1. The molecular formula is C10H20O4. The molecule has 0 aliphatic heterocycles. The lowest BCUT2D eigenvalue weighted by Gasteiger charge is -2.24. The fourth-order valence-corrected chi connectivity index (χ4v) is 0.698. The van der Waals surface area contributed by atoms with Gasteiger partial charge in [0.25, 0.3) is 0 Å². The summed E-state index contributed by atoms with van der Waals surface area (Å²) in [5.41, 5.74) is -0.855. The van der Waals surface area contributed by atoms with Crippen LogP contribution in [0.2, 0.25) is 0 Å². The van der Waals surface area contributed by atoms with Gasteiger partial charge < -0.3 is 4.74 Å². The minimum absolute atomic E-state index is 0.0498. The largest absolute Gasteiger partial charge is 0.465 e. The van der Waals surface area contributed by atoms with Crippen molar-refractivity contribution in [2.45, 2.75) is 34.6 Å². The van der Waals surface area contributed by atoms with E-state index in [1.165, 1.54) is 0 Å². The summed E-state index contributed by atoms with van der Waals surface area (Å²) < 4.78 is 5.09. The van der Waals surface area contributed by atoms with Crippen LogP contribution in [0.25, 0.3) is 0 Å². The second-order valence-corrected chi connectivity index (χ2v) is 5.29. The van der Waals surface area contributed by atoms with Crippen molar-refractivity contribution in [3.05, 3.63) is 0 Å². The third-order valence-electron chi connectivity index (χ3n) is 1.61. The molecule has 14 heavy (non-hydrogen) atoms. The molecule has 4 nitrogen and oxygen atoms in total. The highest BCUT2D eigenvalue weighted by Gasteiger charge is 2.31. The first-order valence-electron chi connectivity index (χ1n) is 4.63. The summed E-state index contributed by atoms with van der Waals surface area (Å²) in [4.78, 5) is 15.4. The van der Waals surface area contributed by atoms with Crippen LogP contribution >= 0.6 is 0 Å². The van der Waals surface area contributed by atoms with Gasteiger partial charge in [-0.25, -0.2) is 4.89 Å². The average Bonchev–Trinajstić information content (AvgIpc) is 1.98. The van der Waals surface area contributed by atoms with E-state index >= 15 is 0 Å². The van der Waals surface area contributed by atoms with Crippen LogP contribution in [0.1, 0.15) is 34.6 Å². The third kappa shape index (κ3) is 5.19. The number of hydrogen-bond acceptors (Lipinski definition) is 4. The lowest BCUT2D eigenvalue weighted by molar-refractivity contribution is -0.260. The van der Waals surface area contributed by atoms with Crippen molar-refractivity contribution < 1.29 is 19.7 Å². The van der Waals surface area contributed by atoms with Crippen LogP contribution in [0.5, 0.6) is 0 Å². The Morgan fingerprint density at radius 2 is 1.64 bits per heavy atom. The van der Waals surface area contributed by atoms with Crippen LogP contribution in [0, 0.1) is 10.8 Å². The van der Waals surface area contributed by atoms with Crippen LogP contribution in [-0.4, -0.2) is 24.4 Å². The highest BCUT2D eigenvalue weighted by atomic mass is 17.1. The fraction of sp³-hybridized carbons (Fsp3) is 0.900. The Morgan fingerprint density at radius 3 is 2.00 bits per heavy atom. The number of esters is 1. The molecule has 0 heterocycles. The maximum atomic E-state index is 11.5. The quantitative estimate of drug-likeness (QED) is 0.433. The van der Waals surface area contributed by atoms with E-state index in [2.05, 4.69) is 4.89 Å². The predicted octanol–water partition coefficient (Wildman–Crippen LogP) is 2.09. The van der Waals surface area contributed by atoms with E-state index in [1.54, 1.807) is 13.8 Å². The molecule has 0 fully saturated rings. The number of hydrogen-bond donors (Lipinski definition) is 1. The molecule has 1 N–H and O–H groups in total. The monoisotopic (exact) mass is 204 g/mol. The Hall–Kier alpha value is -0.610. The molecule has 4 heteroatoms. The van der Waals surface area contributed by atoms with Gasteiger partial charge in [0, 0.05) is 0 Å². The maximum absolute atomic E-state index is 11.5. The Bertz CT molecular complexity index is 191. The van der Waals surface area contributed by atoms with Gasteiger partial charge in [0.05, 0.1) is 18.6 Å². The standard InChI is InChI=1S/C10H20O4/c1-9(2,3)6-13-8(11)10(4,5)7-14-12/h12H,6-7H2,1-5H3. The first-order chi connectivity index (χ1) is 6.19. The van der Waals surface area contributed by atoms with Gasteiger partial charge in [-0.15, -0.1) is 0 Å².